The van der Waals surface area contributed by atoms with Crippen molar-refractivity contribution in [3.05, 3.63) is 12.3 Å². The van der Waals surface area contributed by atoms with E-state index in [9.17, 15) is 5.11 Å². The normalized spacial score (nSPS) is 5.56. The van der Waals surface area contributed by atoms with Crippen LogP contribution in [0.5, 0.6) is 0 Å². The quantitative estimate of drug-likeness (QED) is 0.328. The molecule has 0 aromatic rings. The number of carboxylic acid groups (broad SMARTS) is 1. The molecule has 0 amide bonds. The van der Waals surface area contributed by atoms with Crippen LogP contribution in [0.1, 0.15) is 13.8 Å². The van der Waals surface area contributed by atoms with Gasteiger partial charge in [-0.3, -0.25) is 0 Å². The van der Waals surface area contributed by atoms with Gasteiger partial charge in [-0.15, -0.1) is 12.3 Å². The first-order valence-corrected chi connectivity index (χ1v) is 1.97. The Morgan fingerprint density at radius 2 is 1.33 bits per heavy atom. The molecule has 0 aromatic carbocycles. The van der Waals surface area contributed by atoms with Crippen LogP contribution in [0.2, 0.25) is 0 Å². The van der Waals surface area contributed by atoms with E-state index in [4.69, 9.17) is 9.90 Å². The number of carbonyl (C=O) groups excluding carboxylic acids is 1. The Kier molecular flexibility index (Phi) is 18.8. The van der Waals surface area contributed by atoms with E-state index in [2.05, 4.69) is 6.58 Å². The van der Waals surface area contributed by atoms with Crippen LogP contribution in [0.25, 0.3) is 0 Å². The van der Waals surface area contributed by atoms with Crippen LogP contribution in [0.4, 0.5) is 0 Å². The van der Waals surface area contributed by atoms with Gasteiger partial charge in [0, 0.05) is 5.97 Å². The van der Waals surface area contributed by atoms with Gasteiger partial charge in [0.25, 0.3) is 0 Å². The Balaban J connectivity index is -0.0000000720. The van der Waals surface area contributed by atoms with Gasteiger partial charge in [0.15, 0.2) is 0 Å². The number of carboxylic acids is 1. The molecule has 0 aliphatic carbocycles. The first-order valence-electron chi connectivity index (χ1n) is 1.97. The van der Waals surface area contributed by atoms with Gasteiger partial charge in [0.1, 0.15) is 0 Å². The predicted octanol–water partition coefficient (Wildman–Crippen LogP) is -1.37. The Morgan fingerprint density at radius 1 is 1.33 bits per heavy atom. The fourth-order valence-electron chi connectivity index (χ4n) is 0. The van der Waals surface area contributed by atoms with Crippen LogP contribution in [0, 0.1) is 0 Å². The molecule has 4 heteroatoms. The zero-order valence-electron chi connectivity index (χ0n) is 5.43. The second-order valence-corrected chi connectivity index (χ2v) is 1.19. The van der Waals surface area contributed by atoms with Crippen molar-refractivity contribution < 1.29 is 36.7 Å². The summed E-state index contributed by atoms with van der Waals surface area (Å²) in [5, 5.41) is 18.2. The summed E-state index contributed by atoms with van der Waals surface area (Å²) < 4.78 is 0. The van der Waals surface area contributed by atoms with Crippen molar-refractivity contribution in [1.82, 2.24) is 0 Å². The second-order valence-electron chi connectivity index (χ2n) is 1.19. The number of hydrogen-bond donors (Lipinski definition) is 0. The van der Waals surface area contributed by atoms with Crippen LogP contribution < -0.4 is 10.2 Å². The summed E-state index contributed by atoms with van der Waals surface area (Å²) in [6, 6.07) is 0. The molecule has 0 fully saturated rings. The molecular formula is C5H8O3Ti. The molecule has 0 rings (SSSR count). The van der Waals surface area contributed by atoms with Crippen LogP contribution >= 0.6 is 0 Å². The van der Waals surface area contributed by atoms with Crippen molar-refractivity contribution in [3.63, 3.8) is 0 Å². The molecular weight excluding hydrogens is 156 g/mol. The molecule has 0 bridgehead atoms. The van der Waals surface area contributed by atoms with Crippen LogP contribution in [0.15, 0.2) is 12.3 Å². The molecule has 3 nitrogen and oxygen atoms in total. The molecule has 0 unspecified atom stereocenters. The van der Waals surface area contributed by atoms with Gasteiger partial charge >= 0.3 is 21.7 Å². The van der Waals surface area contributed by atoms with Crippen molar-refractivity contribution in [1.29, 1.82) is 0 Å². The van der Waals surface area contributed by atoms with Gasteiger partial charge in [-0.25, -0.2) is 0 Å². The van der Waals surface area contributed by atoms with E-state index in [1.807, 2.05) is 0 Å². The SMILES string of the molecule is C=C(C)[O-].CC(=O)[O-].[Ti+2]. The van der Waals surface area contributed by atoms with E-state index in [1.54, 1.807) is 0 Å². The zero-order chi connectivity index (χ0) is 7.15. The monoisotopic (exact) mass is 164 g/mol. The van der Waals surface area contributed by atoms with Gasteiger partial charge in [0.2, 0.25) is 0 Å². The van der Waals surface area contributed by atoms with E-state index < -0.39 is 5.97 Å². The molecule has 0 aliphatic rings. The van der Waals surface area contributed by atoms with E-state index in [0.717, 1.165) is 6.92 Å². The van der Waals surface area contributed by atoms with Crippen LogP contribution in [-0.2, 0) is 26.5 Å². The average molecular weight is 164 g/mol. The molecule has 0 saturated carbocycles. The van der Waals surface area contributed by atoms with Crippen molar-refractivity contribution in [2.45, 2.75) is 13.8 Å². The van der Waals surface area contributed by atoms with Crippen LogP contribution in [0.3, 0.4) is 0 Å². The molecule has 50 valence electrons. The first-order chi connectivity index (χ1) is 3.46. The molecule has 0 atom stereocenters. The molecule has 0 aliphatic heterocycles. The zero-order valence-corrected chi connectivity index (χ0v) is 6.99. The summed E-state index contributed by atoms with van der Waals surface area (Å²) in [4.78, 5) is 8.89. The average Bonchev–Trinajstić information content (AvgIpc) is 1.25. The summed E-state index contributed by atoms with van der Waals surface area (Å²) in [7, 11) is 0. The van der Waals surface area contributed by atoms with Crippen LogP contribution in [-0.4, -0.2) is 5.97 Å². The number of aliphatic carboxylic acids is 1. The first kappa shape index (κ1) is 15.9. The minimum atomic E-state index is -1.08. The molecule has 9 heavy (non-hydrogen) atoms. The van der Waals surface area contributed by atoms with Gasteiger partial charge in [-0.2, -0.15) is 0 Å². The van der Waals surface area contributed by atoms with Gasteiger partial charge < -0.3 is 15.0 Å². The topological polar surface area (TPSA) is 63.2 Å². The molecule has 0 spiro atoms. The van der Waals surface area contributed by atoms with Gasteiger partial charge in [-0.05, 0) is 6.92 Å². The van der Waals surface area contributed by atoms with Gasteiger partial charge in [-0.1, -0.05) is 6.92 Å². The minimum Gasteiger partial charge on any atom is -0.876 e. The molecule has 0 radical (unpaired) electrons. The molecule has 0 saturated heterocycles. The summed E-state index contributed by atoms with van der Waals surface area (Å²) in [6.45, 7) is 5.39. The summed E-state index contributed by atoms with van der Waals surface area (Å²) in [5.74, 6) is -1.17. The second kappa shape index (κ2) is 10.7. The van der Waals surface area contributed by atoms with Crippen molar-refractivity contribution >= 4 is 5.97 Å². The number of hydrogen-bond acceptors (Lipinski definition) is 3. The van der Waals surface area contributed by atoms with Crippen molar-refractivity contribution in [3.8, 4) is 0 Å². The standard InChI is InChI=1S/C3H6O.C2H4O2.Ti/c1-3(2)4;1-2(3)4;/h4H,1H2,2H3;1H3,(H,3,4);/q;;+2/p-2. The number of rotatable bonds is 0. The smallest absolute Gasteiger partial charge is 0.876 e. The van der Waals surface area contributed by atoms with E-state index in [1.165, 1.54) is 6.92 Å². The number of carbonyl (C=O) groups is 1. The molecule has 0 aromatic heterocycles. The molecule has 0 N–H and O–H groups in total. The minimum absolute atomic E-state index is 0. The largest absolute Gasteiger partial charge is 2.00 e. The van der Waals surface area contributed by atoms with Crippen molar-refractivity contribution in [2.75, 3.05) is 0 Å². The maximum absolute atomic E-state index is 9.33. The van der Waals surface area contributed by atoms with E-state index in [0.29, 0.717) is 0 Å². The Hall–Kier alpha value is -0.276. The molecule has 0 heterocycles. The summed E-state index contributed by atoms with van der Waals surface area (Å²) in [5.41, 5.74) is 0. The third-order valence-electron chi connectivity index (χ3n) is 0. The Morgan fingerprint density at radius 3 is 1.33 bits per heavy atom. The maximum Gasteiger partial charge on any atom is 2.00 e. The fourth-order valence-corrected chi connectivity index (χ4v) is 0. The maximum atomic E-state index is 9.33. The fraction of sp³-hybridized carbons (Fsp3) is 0.400. The number of allylic oxidation sites excluding steroid dienone is 1. The van der Waals surface area contributed by atoms with E-state index in [-0.39, 0.29) is 27.5 Å². The predicted molar refractivity (Wildman–Crippen MR) is 25.5 cm³/mol. The van der Waals surface area contributed by atoms with Gasteiger partial charge in [0.05, 0.1) is 0 Å². The Labute approximate surface area is 69.3 Å². The van der Waals surface area contributed by atoms with E-state index >= 15 is 0 Å². The summed E-state index contributed by atoms with van der Waals surface area (Å²) >= 11 is 0. The van der Waals surface area contributed by atoms with Crippen molar-refractivity contribution in [2.24, 2.45) is 0 Å². The Bertz CT molecular complexity index is 70.2. The third kappa shape index (κ3) is 3330. The third-order valence-corrected chi connectivity index (χ3v) is 0. The summed E-state index contributed by atoms with van der Waals surface area (Å²) in [6.07, 6.45) is 0.